The van der Waals surface area contributed by atoms with E-state index in [1.165, 1.54) is 12.1 Å². The smallest absolute Gasteiger partial charge is 0.366 e. The first kappa shape index (κ1) is 14.4. The van der Waals surface area contributed by atoms with Crippen LogP contribution in [0.2, 0.25) is 0 Å². The lowest BCUT2D eigenvalue weighted by Crippen LogP contribution is -2.35. The minimum absolute atomic E-state index is 0.0959. The van der Waals surface area contributed by atoms with Crippen molar-refractivity contribution in [2.75, 3.05) is 18.4 Å². The molecule has 4 nitrogen and oxygen atoms in total. The fourth-order valence-corrected chi connectivity index (χ4v) is 1.81. The topological polar surface area (TPSA) is 53.5 Å². The number of aliphatic imine (C=N–C) groups is 1. The number of hydrogen-bond donors (Lipinski definition) is 2. The Labute approximate surface area is 114 Å². The monoisotopic (exact) mass is 285 g/mol. The largest absolute Gasteiger partial charge is 0.416 e. The lowest BCUT2D eigenvalue weighted by atomic mass is 10.2. The highest BCUT2D eigenvalue weighted by Gasteiger charge is 2.30. The van der Waals surface area contributed by atoms with Gasteiger partial charge in [-0.1, -0.05) is 6.07 Å². The Kier molecular flexibility index (Phi) is 4.26. The average Bonchev–Trinajstić information content (AvgIpc) is 2.67. The summed E-state index contributed by atoms with van der Waals surface area (Å²) in [5.41, 5.74) is -0.704. The molecule has 1 aliphatic heterocycles. The van der Waals surface area contributed by atoms with Gasteiger partial charge in [-0.05, 0) is 31.0 Å². The van der Waals surface area contributed by atoms with Crippen molar-refractivity contribution in [1.82, 2.24) is 5.32 Å². The summed E-state index contributed by atoms with van der Waals surface area (Å²) in [6, 6.07) is 4.51. The first-order valence-corrected chi connectivity index (χ1v) is 6.24. The van der Waals surface area contributed by atoms with Gasteiger partial charge >= 0.3 is 6.18 Å². The molecule has 1 amide bonds. The van der Waals surface area contributed by atoms with Gasteiger partial charge in [0, 0.05) is 18.8 Å². The number of anilines is 1. The zero-order valence-electron chi connectivity index (χ0n) is 10.6. The minimum Gasteiger partial charge on any atom is -0.366 e. The van der Waals surface area contributed by atoms with E-state index in [4.69, 9.17) is 0 Å². The van der Waals surface area contributed by atoms with Crippen LogP contribution in [0.5, 0.6) is 0 Å². The van der Waals surface area contributed by atoms with Gasteiger partial charge in [-0.3, -0.25) is 9.79 Å². The summed E-state index contributed by atoms with van der Waals surface area (Å²) in [6.45, 7) is 1.17. The van der Waals surface area contributed by atoms with Crippen LogP contribution in [0.15, 0.2) is 29.3 Å². The third-order valence-corrected chi connectivity index (χ3v) is 2.81. The molecule has 7 heteroatoms. The number of nitrogens with zero attached hydrogens (tertiary/aromatic N) is 1. The van der Waals surface area contributed by atoms with Crippen LogP contribution in [0, 0.1) is 0 Å². The first-order valence-electron chi connectivity index (χ1n) is 6.24. The highest BCUT2D eigenvalue weighted by atomic mass is 19.4. The van der Waals surface area contributed by atoms with E-state index >= 15 is 0 Å². The fraction of sp³-hybridized carbons (Fsp3) is 0.385. The molecule has 2 N–H and O–H groups in total. The summed E-state index contributed by atoms with van der Waals surface area (Å²) >= 11 is 0. The van der Waals surface area contributed by atoms with E-state index in [-0.39, 0.29) is 11.5 Å². The van der Waals surface area contributed by atoms with E-state index in [1.807, 2.05) is 0 Å². The van der Waals surface area contributed by atoms with E-state index < -0.39 is 17.6 Å². The quantitative estimate of drug-likeness (QED) is 0.877. The van der Waals surface area contributed by atoms with E-state index in [1.54, 1.807) is 0 Å². The molecule has 0 saturated heterocycles. The van der Waals surface area contributed by atoms with Crippen molar-refractivity contribution in [2.45, 2.75) is 19.0 Å². The van der Waals surface area contributed by atoms with Gasteiger partial charge < -0.3 is 10.6 Å². The second kappa shape index (κ2) is 5.94. The molecule has 20 heavy (non-hydrogen) atoms. The van der Waals surface area contributed by atoms with Gasteiger partial charge in [0.25, 0.3) is 5.91 Å². The van der Waals surface area contributed by atoms with Crippen molar-refractivity contribution in [2.24, 2.45) is 4.99 Å². The maximum atomic E-state index is 12.6. The van der Waals surface area contributed by atoms with Crippen molar-refractivity contribution in [3.05, 3.63) is 29.8 Å². The predicted molar refractivity (Wildman–Crippen MR) is 69.6 cm³/mol. The minimum atomic E-state index is -4.43. The van der Waals surface area contributed by atoms with Crippen molar-refractivity contribution >= 4 is 17.4 Å². The first-order chi connectivity index (χ1) is 9.47. The van der Waals surface area contributed by atoms with Gasteiger partial charge in [0.15, 0.2) is 5.84 Å². The third-order valence-electron chi connectivity index (χ3n) is 2.81. The van der Waals surface area contributed by atoms with Crippen molar-refractivity contribution < 1.29 is 18.0 Å². The number of hydrogen-bond acceptors (Lipinski definition) is 3. The number of alkyl halides is 3. The van der Waals surface area contributed by atoms with Crippen LogP contribution in [-0.2, 0) is 11.0 Å². The van der Waals surface area contributed by atoms with Crippen LogP contribution in [0.3, 0.4) is 0 Å². The molecular weight excluding hydrogens is 271 g/mol. The van der Waals surface area contributed by atoms with Crippen LogP contribution >= 0.6 is 0 Å². The van der Waals surface area contributed by atoms with Crippen LogP contribution in [0.25, 0.3) is 0 Å². The van der Waals surface area contributed by atoms with E-state index in [9.17, 15) is 18.0 Å². The molecule has 2 rings (SSSR count). The van der Waals surface area contributed by atoms with Gasteiger partial charge in [-0.15, -0.1) is 0 Å². The molecule has 0 fully saturated rings. The molecule has 0 unspecified atom stereocenters. The number of amidine groups is 1. The van der Waals surface area contributed by atoms with Crippen molar-refractivity contribution in [3.63, 3.8) is 0 Å². The number of nitrogens with one attached hydrogen (secondary N) is 2. The molecule has 0 aliphatic carbocycles. The van der Waals surface area contributed by atoms with Gasteiger partial charge in [0.05, 0.1) is 5.56 Å². The molecule has 1 heterocycles. The molecule has 1 aromatic carbocycles. The highest BCUT2D eigenvalue weighted by Crippen LogP contribution is 2.30. The standard InChI is InChI=1S/C13H14F3N3O/c14-13(15,16)9-4-3-5-10(8-9)19-12(20)11-17-6-1-2-7-18-11/h3-5,8H,1-2,6-7H2,(H,17,18)(H,19,20). The lowest BCUT2D eigenvalue weighted by molar-refractivity contribution is -0.137. The number of carbonyl (C=O) groups excluding carboxylic acids is 1. The normalized spacial score (nSPS) is 15.8. The summed E-state index contributed by atoms with van der Waals surface area (Å²) in [4.78, 5) is 16.0. The third kappa shape index (κ3) is 3.72. The highest BCUT2D eigenvalue weighted by molar-refractivity contribution is 6.42. The second-order valence-electron chi connectivity index (χ2n) is 4.40. The number of benzene rings is 1. The molecular formula is C13H14F3N3O. The van der Waals surface area contributed by atoms with Gasteiger partial charge in [-0.25, -0.2) is 0 Å². The number of halogens is 3. The van der Waals surface area contributed by atoms with Gasteiger partial charge in [0.2, 0.25) is 0 Å². The number of rotatable bonds is 2. The molecule has 0 spiro atoms. The summed E-state index contributed by atoms with van der Waals surface area (Å²) in [6.07, 6.45) is -2.64. The molecule has 1 aliphatic rings. The van der Waals surface area contributed by atoms with Crippen LogP contribution in [-0.4, -0.2) is 24.8 Å². The van der Waals surface area contributed by atoms with Gasteiger partial charge in [-0.2, -0.15) is 13.2 Å². The van der Waals surface area contributed by atoms with Crippen molar-refractivity contribution in [1.29, 1.82) is 0 Å². The molecule has 0 atom stereocenters. The van der Waals surface area contributed by atoms with E-state index in [0.717, 1.165) is 25.0 Å². The number of carbonyl (C=O) groups is 1. The van der Waals surface area contributed by atoms with Crippen molar-refractivity contribution in [3.8, 4) is 0 Å². The molecule has 1 aromatic rings. The summed E-state index contributed by atoms with van der Waals surface area (Å²) in [5, 5.41) is 5.28. The number of amides is 1. The Bertz CT molecular complexity index is 526. The molecule has 108 valence electrons. The average molecular weight is 285 g/mol. The maximum Gasteiger partial charge on any atom is 0.416 e. The zero-order valence-corrected chi connectivity index (χ0v) is 10.6. The zero-order chi connectivity index (χ0) is 14.6. The van der Waals surface area contributed by atoms with E-state index in [0.29, 0.717) is 13.1 Å². The predicted octanol–water partition coefficient (Wildman–Crippen LogP) is 2.43. The summed E-state index contributed by atoms with van der Waals surface area (Å²) in [5.74, 6) is -0.355. The van der Waals surface area contributed by atoms with Gasteiger partial charge in [0.1, 0.15) is 0 Å². The van der Waals surface area contributed by atoms with Crippen LogP contribution in [0.1, 0.15) is 18.4 Å². The Balaban J connectivity index is 2.09. The van der Waals surface area contributed by atoms with Crippen LogP contribution < -0.4 is 10.6 Å². The molecule has 0 bridgehead atoms. The maximum absolute atomic E-state index is 12.6. The Morgan fingerprint density at radius 3 is 2.85 bits per heavy atom. The Morgan fingerprint density at radius 2 is 2.10 bits per heavy atom. The molecule has 0 saturated carbocycles. The lowest BCUT2D eigenvalue weighted by Gasteiger charge is -2.11. The second-order valence-corrected chi connectivity index (χ2v) is 4.40. The molecule has 0 radical (unpaired) electrons. The fourth-order valence-electron chi connectivity index (χ4n) is 1.81. The summed E-state index contributed by atoms with van der Waals surface area (Å²) < 4.78 is 37.7. The molecule has 0 aromatic heterocycles. The summed E-state index contributed by atoms with van der Waals surface area (Å²) in [7, 11) is 0. The Morgan fingerprint density at radius 1 is 1.30 bits per heavy atom. The Hall–Kier alpha value is -2.05. The SMILES string of the molecule is O=C(Nc1cccc(C(F)(F)F)c1)C1=NCCCCN1. The van der Waals surface area contributed by atoms with Crippen LogP contribution in [0.4, 0.5) is 18.9 Å². The van der Waals surface area contributed by atoms with E-state index in [2.05, 4.69) is 15.6 Å².